The van der Waals surface area contributed by atoms with Crippen molar-refractivity contribution in [1.29, 1.82) is 0 Å². The number of methoxy groups -OCH3 is 1. The monoisotopic (exact) mass is 264 g/mol. The summed E-state index contributed by atoms with van der Waals surface area (Å²) >= 11 is 1.77. The zero-order chi connectivity index (χ0) is 13.2. The van der Waals surface area contributed by atoms with E-state index in [9.17, 15) is 0 Å². The standard InChI is InChI=1S/C14H20N2OS/c1-10-5-6-12(17-4)11(9-10)15-13-16-14(2,3)7-8-18-13/h5-6,9H,7-8H2,1-4H3,(H,15,16). The summed E-state index contributed by atoms with van der Waals surface area (Å²) in [6.45, 7) is 6.41. The molecule has 0 spiro atoms. The highest BCUT2D eigenvalue weighted by atomic mass is 32.2. The van der Waals surface area contributed by atoms with Crippen LogP contribution in [-0.2, 0) is 0 Å². The van der Waals surface area contributed by atoms with Gasteiger partial charge in [-0.05, 0) is 44.9 Å². The fraction of sp³-hybridized carbons (Fsp3) is 0.500. The maximum atomic E-state index is 5.37. The van der Waals surface area contributed by atoms with E-state index in [0.717, 1.165) is 28.8 Å². The normalized spacial score (nSPS) is 18.1. The molecule has 0 atom stereocenters. The van der Waals surface area contributed by atoms with Gasteiger partial charge in [0.1, 0.15) is 5.75 Å². The summed E-state index contributed by atoms with van der Waals surface area (Å²) in [7, 11) is 1.69. The highest BCUT2D eigenvalue weighted by Crippen LogP contribution is 2.30. The number of amidine groups is 1. The largest absolute Gasteiger partial charge is 0.495 e. The Morgan fingerprint density at radius 2 is 2.17 bits per heavy atom. The third-order valence-corrected chi connectivity index (χ3v) is 3.83. The second-order valence-electron chi connectivity index (χ2n) is 5.16. The molecule has 0 bridgehead atoms. The molecule has 0 saturated carbocycles. The smallest absolute Gasteiger partial charge is 0.161 e. The van der Waals surface area contributed by atoms with Crippen LogP contribution in [0.25, 0.3) is 0 Å². The average Bonchev–Trinajstić information content (AvgIpc) is 2.28. The Balaban J connectivity index is 2.23. The van der Waals surface area contributed by atoms with Gasteiger partial charge >= 0.3 is 0 Å². The third-order valence-electron chi connectivity index (χ3n) is 2.95. The minimum Gasteiger partial charge on any atom is -0.495 e. The summed E-state index contributed by atoms with van der Waals surface area (Å²) in [5, 5.41) is 4.37. The van der Waals surface area contributed by atoms with Gasteiger partial charge in [0.25, 0.3) is 0 Å². The van der Waals surface area contributed by atoms with Crippen molar-refractivity contribution in [2.75, 3.05) is 18.2 Å². The van der Waals surface area contributed by atoms with Crippen molar-refractivity contribution in [2.45, 2.75) is 32.7 Å². The van der Waals surface area contributed by atoms with Crippen molar-refractivity contribution in [2.24, 2.45) is 4.99 Å². The number of benzene rings is 1. The fourth-order valence-electron chi connectivity index (χ4n) is 1.86. The van der Waals surface area contributed by atoms with Crippen LogP contribution in [0.3, 0.4) is 0 Å². The zero-order valence-corrected chi connectivity index (χ0v) is 12.2. The van der Waals surface area contributed by atoms with Crippen LogP contribution in [0.2, 0.25) is 0 Å². The Kier molecular flexibility index (Phi) is 3.85. The van der Waals surface area contributed by atoms with Gasteiger partial charge in [-0.2, -0.15) is 0 Å². The molecule has 0 aliphatic carbocycles. The van der Waals surface area contributed by atoms with Crippen LogP contribution in [0.4, 0.5) is 5.69 Å². The summed E-state index contributed by atoms with van der Waals surface area (Å²) in [5.41, 5.74) is 2.23. The minimum absolute atomic E-state index is 0.0324. The van der Waals surface area contributed by atoms with E-state index in [-0.39, 0.29) is 5.54 Å². The van der Waals surface area contributed by atoms with Crippen LogP contribution >= 0.6 is 11.8 Å². The first-order chi connectivity index (χ1) is 8.50. The van der Waals surface area contributed by atoms with E-state index in [1.54, 1.807) is 18.9 Å². The second kappa shape index (κ2) is 5.22. The van der Waals surface area contributed by atoms with Gasteiger partial charge in [-0.1, -0.05) is 17.8 Å². The molecule has 0 aromatic heterocycles. The number of thioether (sulfide) groups is 1. The fourth-order valence-corrected chi connectivity index (χ4v) is 3.15. The Labute approximate surface area is 113 Å². The molecule has 4 heteroatoms. The number of aliphatic imine (C=N–C) groups is 1. The van der Waals surface area contributed by atoms with Crippen LogP contribution in [0, 0.1) is 6.92 Å². The van der Waals surface area contributed by atoms with Crippen molar-refractivity contribution in [3.8, 4) is 5.75 Å². The molecule has 18 heavy (non-hydrogen) atoms. The van der Waals surface area contributed by atoms with Crippen LogP contribution in [0.5, 0.6) is 5.75 Å². The number of nitrogens with one attached hydrogen (secondary N) is 1. The summed E-state index contributed by atoms with van der Waals surface area (Å²) in [6, 6.07) is 6.12. The molecule has 0 unspecified atom stereocenters. The summed E-state index contributed by atoms with van der Waals surface area (Å²) in [6.07, 6.45) is 1.12. The van der Waals surface area contributed by atoms with E-state index in [2.05, 4.69) is 32.2 Å². The van der Waals surface area contributed by atoms with Gasteiger partial charge in [-0.15, -0.1) is 0 Å². The Morgan fingerprint density at radius 3 is 2.83 bits per heavy atom. The molecule has 1 aromatic carbocycles. The maximum absolute atomic E-state index is 5.37. The molecule has 1 aromatic rings. The van der Waals surface area contributed by atoms with Gasteiger partial charge in [-0.25, -0.2) is 0 Å². The number of aryl methyl sites for hydroxylation is 1. The van der Waals surface area contributed by atoms with Crippen LogP contribution in [0.15, 0.2) is 23.2 Å². The highest BCUT2D eigenvalue weighted by molar-refractivity contribution is 8.14. The van der Waals surface area contributed by atoms with Crippen molar-refractivity contribution in [1.82, 2.24) is 0 Å². The molecule has 1 heterocycles. The first kappa shape index (κ1) is 13.3. The summed E-state index contributed by atoms with van der Waals surface area (Å²) in [4.78, 5) is 4.73. The Bertz CT molecular complexity index is 469. The molecule has 0 fully saturated rings. The molecule has 0 saturated heterocycles. The van der Waals surface area contributed by atoms with Gasteiger partial charge in [0.15, 0.2) is 5.17 Å². The van der Waals surface area contributed by atoms with Gasteiger partial charge in [-0.3, -0.25) is 4.99 Å². The predicted molar refractivity (Wildman–Crippen MR) is 79.9 cm³/mol. The number of anilines is 1. The van der Waals surface area contributed by atoms with Gasteiger partial charge in [0.2, 0.25) is 0 Å². The van der Waals surface area contributed by atoms with E-state index in [1.165, 1.54) is 5.56 Å². The summed E-state index contributed by atoms with van der Waals surface area (Å²) < 4.78 is 5.37. The summed E-state index contributed by atoms with van der Waals surface area (Å²) in [5.74, 6) is 1.96. The average molecular weight is 264 g/mol. The minimum atomic E-state index is 0.0324. The van der Waals surface area contributed by atoms with Crippen LogP contribution in [-0.4, -0.2) is 23.6 Å². The molecule has 1 N–H and O–H groups in total. The van der Waals surface area contributed by atoms with Crippen molar-refractivity contribution in [3.63, 3.8) is 0 Å². The quantitative estimate of drug-likeness (QED) is 0.884. The molecular weight excluding hydrogens is 244 g/mol. The molecule has 0 amide bonds. The lowest BCUT2D eigenvalue weighted by atomic mass is 10.0. The first-order valence-corrected chi connectivity index (χ1v) is 7.13. The molecule has 1 aliphatic rings. The number of hydrogen-bond donors (Lipinski definition) is 1. The number of nitrogens with zero attached hydrogens (tertiary/aromatic N) is 1. The molecule has 98 valence electrons. The lowest BCUT2D eigenvalue weighted by molar-refractivity contribution is 0.417. The second-order valence-corrected chi connectivity index (χ2v) is 6.24. The Morgan fingerprint density at radius 1 is 1.39 bits per heavy atom. The number of ether oxygens (including phenoxy) is 1. The lowest BCUT2D eigenvalue weighted by Gasteiger charge is -2.26. The molecule has 3 nitrogen and oxygen atoms in total. The third kappa shape index (κ3) is 3.19. The Hall–Kier alpha value is -1.16. The lowest BCUT2D eigenvalue weighted by Crippen LogP contribution is -2.27. The maximum Gasteiger partial charge on any atom is 0.161 e. The van der Waals surface area contributed by atoms with E-state index >= 15 is 0 Å². The number of hydrogen-bond acceptors (Lipinski definition) is 4. The van der Waals surface area contributed by atoms with E-state index in [4.69, 9.17) is 9.73 Å². The van der Waals surface area contributed by atoms with Crippen molar-refractivity contribution < 1.29 is 4.74 Å². The molecule has 0 radical (unpaired) electrons. The van der Waals surface area contributed by atoms with Crippen LogP contribution < -0.4 is 10.1 Å². The predicted octanol–water partition coefficient (Wildman–Crippen LogP) is 3.69. The van der Waals surface area contributed by atoms with E-state index in [1.807, 2.05) is 12.1 Å². The molecule has 1 aliphatic heterocycles. The number of rotatable bonds is 2. The topological polar surface area (TPSA) is 33.6 Å². The van der Waals surface area contributed by atoms with Crippen molar-refractivity contribution >= 4 is 22.6 Å². The van der Waals surface area contributed by atoms with Gasteiger partial charge < -0.3 is 10.1 Å². The van der Waals surface area contributed by atoms with E-state index < -0.39 is 0 Å². The van der Waals surface area contributed by atoms with Crippen molar-refractivity contribution in [3.05, 3.63) is 23.8 Å². The highest BCUT2D eigenvalue weighted by Gasteiger charge is 2.22. The van der Waals surface area contributed by atoms with E-state index in [0.29, 0.717) is 0 Å². The van der Waals surface area contributed by atoms with Gasteiger partial charge in [0, 0.05) is 5.75 Å². The molecular formula is C14H20N2OS. The SMILES string of the molecule is COc1ccc(C)cc1NC1=NC(C)(C)CCS1. The van der Waals surface area contributed by atoms with Crippen LogP contribution in [0.1, 0.15) is 25.8 Å². The molecule has 2 rings (SSSR count). The van der Waals surface area contributed by atoms with Gasteiger partial charge in [0.05, 0.1) is 18.3 Å². The first-order valence-electron chi connectivity index (χ1n) is 6.14. The zero-order valence-electron chi connectivity index (χ0n) is 11.4.